The van der Waals surface area contributed by atoms with Gasteiger partial charge >= 0.3 is 0 Å². The Balaban J connectivity index is 1.57. The molecule has 1 spiro atoms. The fourth-order valence-corrected chi connectivity index (χ4v) is 5.20. The first-order valence-corrected chi connectivity index (χ1v) is 11.8. The van der Waals surface area contributed by atoms with E-state index < -0.39 is 11.5 Å². The number of hydrogen-bond acceptors (Lipinski definition) is 4. The number of nitrogens with zero attached hydrogens (tertiary/aromatic N) is 4. The Labute approximate surface area is 205 Å². The fraction of sp³-hybridized carbons (Fsp3) is 0.148. The molecule has 6 nitrogen and oxygen atoms in total. The average molecular weight is 513 g/mol. The van der Waals surface area contributed by atoms with Crippen LogP contribution in [-0.4, -0.2) is 27.0 Å². The van der Waals surface area contributed by atoms with E-state index in [1.165, 1.54) is 5.01 Å². The van der Waals surface area contributed by atoms with Crippen LogP contribution < -0.4 is 9.75 Å². The van der Waals surface area contributed by atoms with Gasteiger partial charge in [0.05, 0.1) is 28.7 Å². The number of carbonyl (C=O) groups is 1. The molecule has 3 heterocycles. The number of hydrazone groups is 1. The highest BCUT2D eigenvalue weighted by Crippen LogP contribution is 2.54. The summed E-state index contributed by atoms with van der Waals surface area (Å²) in [5, 5.41) is 11.0. The summed E-state index contributed by atoms with van der Waals surface area (Å²) in [5.41, 5.74) is 3.60. The number of benzene rings is 3. The summed E-state index contributed by atoms with van der Waals surface area (Å²) < 4.78 is 9.46. The summed E-state index contributed by atoms with van der Waals surface area (Å²) in [5.74, 6) is -0.0215. The minimum Gasteiger partial charge on any atom is -0.453 e. The molecule has 4 aromatic rings. The summed E-state index contributed by atoms with van der Waals surface area (Å²) in [6.07, 6.45) is 0. The Morgan fingerprint density at radius 1 is 0.882 bits per heavy atom. The first-order valence-electron chi connectivity index (χ1n) is 11.1. The van der Waals surface area contributed by atoms with Gasteiger partial charge in [-0.15, -0.1) is 0 Å². The van der Waals surface area contributed by atoms with Gasteiger partial charge in [0.25, 0.3) is 5.91 Å². The largest absolute Gasteiger partial charge is 0.453 e. The van der Waals surface area contributed by atoms with Gasteiger partial charge in [0, 0.05) is 10.0 Å². The molecule has 6 rings (SSSR count). The first kappa shape index (κ1) is 20.9. The van der Waals surface area contributed by atoms with Crippen LogP contribution >= 0.6 is 15.9 Å². The maximum absolute atomic E-state index is 14.2. The number of fused-ring (bicyclic) bond motifs is 1. The van der Waals surface area contributed by atoms with Crippen LogP contribution in [0.2, 0.25) is 0 Å². The van der Waals surface area contributed by atoms with Gasteiger partial charge in [-0.25, -0.2) is 4.68 Å². The first-order chi connectivity index (χ1) is 16.5. The van der Waals surface area contributed by atoms with Crippen molar-refractivity contribution in [1.82, 2.24) is 9.78 Å². The summed E-state index contributed by atoms with van der Waals surface area (Å²) >= 11 is 3.53. The van der Waals surface area contributed by atoms with Crippen molar-refractivity contribution < 1.29 is 9.53 Å². The van der Waals surface area contributed by atoms with Crippen LogP contribution in [0.15, 0.2) is 94.5 Å². The zero-order valence-electron chi connectivity index (χ0n) is 18.6. The highest BCUT2D eigenvalue weighted by atomic mass is 79.9. The van der Waals surface area contributed by atoms with Crippen LogP contribution in [0, 0.1) is 6.92 Å². The third-order valence-corrected chi connectivity index (χ3v) is 7.05. The third-order valence-electron chi connectivity index (χ3n) is 6.52. The van der Waals surface area contributed by atoms with Crippen LogP contribution in [0.1, 0.15) is 29.7 Å². The van der Waals surface area contributed by atoms with Gasteiger partial charge in [-0.05, 0) is 55.8 Å². The lowest BCUT2D eigenvalue weighted by Crippen LogP contribution is -2.53. The van der Waals surface area contributed by atoms with Crippen molar-refractivity contribution in [3.63, 3.8) is 0 Å². The molecule has 1 amide bonds. The van der Waals surface area contributed by atoms with Gasteiger partial charge in [-0.2, -0.15) is 15.2 Å². The Kier molecular flexibility index (Phi) is 4.71. The van der Waals surface area contributed by atoms with Crippen molar-refractivity contribution in [3.05, 3.63) is 106 Å². The van der Waals surface area contributed by atoms with E-state index in [0.717, 1.165) is 27.0 Å². The second-order valence-corrected chi connectivity index (χ2v) is 9.43. The molecular weight excluding hydrogens is 492 g/mol. The molecule has 2 aliphatic rings. The molecule has 2 atom stereocenters. The highest BCUT2D eigenvalue weighted by molar-refractivity contribution is 9.10. The molecule has 1 aromatic heterocycles. The minimum absolute atomic E-state index is 0.209. The van der Waals surface area contributed by atoms with Crippen LogP contribution in [-0.2, 0) is 4.79 Å². The van der Waals surface area contributed by atoms with E-state index in [1.54, 1.807) is 4.68 Å². The monoisotopic (exact) mass is 512 g/mol. The van der Waals surface area contributed by atoms with E-state index in [4.69, 9.17) is 14.9 Å². The molecule has 0 saturated carbocycles. The number of aromatic nitrogens is 2. The third kappa shape index (κ3) is 2.90. The molecule has 2 unspecified atom stereocenters. The molecule has 0 N–H and O–H groups in total. The minimum atomic E-state index is -1.29. The van der Waals surface area contributed by atoms with E-state index in [2.05, 4.69) is 15.9 Å². The summed E-state index contributed by atoms with van der Waals surface area (Å²) in [6.45, 7) is 3.83. The molecule has 0 bridgehead atoms. The molecule has 0 radical (unpaired) electrons. The highest BCUT2D eigenvalue weighted by Gasteiger charge is 2.64. The number of anilines is 1. The van der Waals surface area contributed by atoms with Gasteiger partial charge < -0.3 is 4.74 Å². The van der Waals surface area contributed by atoms with Crippen molar-refractivity contribution in [1.29, 1.82) is 0 Å². The Morgan fingerprint density at radius 2 is 1.50 bits per heavy atom. The number of hydrogen-bond donors (Lipinski definition) is 0. The maximum Gasteiger partial charge on any atom is 0.298 e. The van der Waals surface area contributed by atoms with E-state index in [-0.39, 0.29) is 5.91 Å². The van der Waals surface area contributed by atoms with Crippen LogP contribution in [0.5, 0.6) is 5.88 Å². The molecule has 3 aromatic carbocycles. The van der Waals surface area contributed by atoms with Crippen molar-refractivity contribution in [2.24, 2.45) is 5.10 Å². The normalized spacial score (nSPS) is 21.0. The van der Waals surface area contributed by atoms with Gasteiger partial charge in [-0.3, -0.25) is 4.79 Å². The number of para-hydroxylation sites is 2. The second-order valence-electron chi connectivity index (χ2n) is 8.51. The molecule has 7 heteroatoms. The van der Waals surface area contributed by atoms with Crippen molar-refractivity contribution >= 4 is 33.2 Å². The molecule has 0 fully saturated rings. The van der Waals surface area contributed by atoms with Crippen molar-refractivity contribution in [3.8, 4) is 11.6 Å². The fourth-order valence-electron chi connectivity index (χ4n) is 4.94. The van der Waals surface area contributed by atoms with Gasteiger partial charge in [0.1, 0.15) is 0 Å². The number of aryl methyl sites for hydroxylation is 1. The van der Waals surface area contributed by atoms with Crippen molar-refractivity contribution in [2.45, 2.75) is 25.4 Å². The number of amides is 1. The lowest BCUT2D eigenvalue weighted by Gasteiger charge is -2.30. The number of carbonyl (C=O) groups excluding carboxylic acids is 1. The lowest BCUT2D eigenvalue weighted by molar-refractivity contribution is -0.127. The van der Waals surface area contributed by atoms with Gasteiger partial charge in [0.15, 0.2) is 0 Å². The van der Waals surface area contributed by atoms with Gasteiger partial charge in [0.2, 0.25) is 11.5 Å². The number of ether oxygens (including phenoxy) is 1. The Morgan fingerprint density at radius 3 is 2.15 bits per heavy atom. The number of halogens is 1. The summed E-state index contributed by atoms with van der Waals surface area (Å²) in [6, 6.07) is 27.3. The zero-order chi connectivity index (χ0) is 23.4. The van der Waals surface area contributed by atoms with Gasteiger partial charge in [-0.1, -0.05) is 64.5 Å². The van der Waals surface area contributed by atoms with Crippen LogP contribution in [0.4, 0.5) is 5.69 Å². The van der Waals surface area contributed by atoms with Crippen LogP contribution in [0.25, 0.3) is 5.69 Å². The smallest absolute Gasteiger partial charge is 0.298 e. The molecule has 2 aliphatic heterocycles. The predicted molar refractivity (Wildman–Crippen MR) is 135 cm³/mol. The molecule has 0 aliphatic carbocycles. The van der Waals surface area contributed by atoms with E-state index in [0.29, 0.717) is 17.3 Å². The molecule has 168 valence electrons. The Bertz CT molecular complexity index is 1430. The topological polar surface area (TPSA) is 59.7 Å². The van der Waals surface area contributed by atoms with Crippen molar-refractivity contribution in [2.75, 3.05) is 5.01 Å². The molecule has 34 heavy (non-hydrogen) atoms. The summed E-state index contributed by atoms with van der Waals surface area (Å²) in [4.78, 5) is 14.2. The summed E-state index contributed by atoms with van der Waals surface area (Å²) in [7, 11) is 0. The number of rotatable bonds is 3. The SMILES string of the molecule is CC1=NN(c2ccccc2)C(=O)C12Oc1c(c(C)nn1-c1ccccc1)C2c1ccc(Br)cc1. The lowest BCUT2D eigenvalue weighted by atomic mass is 9.76. The zero-order valence-corrected chi connectivity index (χ0v) is 20.2. The Hall–Kier alpha value is -3.71. The van der Waals surface area contributed by atoms with E-state index >= 15 is 0 Å². The maximum atomic E-state index is 14.2. The van der Waals surface area contributed by atoms with E-state index in [9.17, 15) is 4.79 Å². The molecular formula is C27H21BrN4O2. The van der Waals surface area contributed by atoms with E-state index in [1.807, 2.05) is 98.8 Å². The quantitative estimate of drug-likeness (QED) is 0.357. The predicted octanol–water partition coefficient (Wildman–Crippen LogP) is 5.63. The van der Waals surface area contributed by atoms with Crippen LogP contribution in [0.3, 0.4) is 0 Å². The second kappa shape index (κ2) is 7.67. The average Bonchev–Trinajstić information content (AvgIpc) is 3.47. The standard InChI is InChI=1S/C27H21BrN4O2/c1-17-23-24(19-13-15-20(28)16-14-19)27(34-25(23)31(29-17)21-9-5-3-6-10-21)18(2)30-32(26(27)33)22-11-7-4-8-12-22/h3-16,24H,1-2H3. The molecule has 0 saturated heterocycles.